The summed E-state index contributed by atoms with van der Waals surface area (Å²) in [6.45, 7) is 0.686. The van der Waals surface area contributed by atoms with Crippen molar-refractivity contribution in [3.63, 3.8) is 0 Å². The quantitative estimate of drug-likeness (QED) is 0.778. The van der Waals surface area contributed by atoms with Crippen molar-refractivity contribution < 1.29 is 9.18 Å². The Morgan fingerprint density at radius 3 is 2.46 bits per heavy atom. The fraction of sp³-hybridized carbons (Fsp3) is 0.458. The molecule has 1 N–H and O–H groups in total. The zero-order chi connectivity index (χ0) is 19.1. The van der Waals surface area contributed by atoms with Crippen LogP contribution in [0.2, 0.25) is 0 Å². The summed E-state index contributed by atoms with van der Waals surface area (Å²) in [6.07, 6.45) is 7.14. The van der Waals surface area contributed by atoms with Crippen LogP contribution in [0.5, 0.6) is 0 Å². The number of amides is 2. The molecule has 3 aliphatic carbocycles. The van der Waals surface area contributed by atoms with E-state index in [4.69, 9.17) is 0 Å². The lowest BCUT2D eigenvalue weighted by Crippen LogP contribution is -2.53. The number of fused-ring (bicyclic) bond motifs is 4. The zero-order valence-electron chi connectivity index (χ0n) is 16.1. The molecule has 3 fully saturated rings. The second-order valence-corrected chi connectivity index (χ2v) is 8.67. The van der Waals surface area contributed by atoms with Gasteiger partial charge in [0, 0.05) is 12.6 Å². The second-order valence-electron chi connectivity index (χ2n) is 8.67. The van der Waals surface area contributed by atoms with Crippen molar-refractivity contribution in [1.82, 2.24) is 10.2 Å². The number of hydrogen-bond acceptors (Lipinski definition) is 1. The topological polar surface area (TPSA) is 32.3 Å². The second kappa shape index (κ2) is 7.23. The highest BCUT2D eigenvalue weighted by Gasteiger charge is 2.38. The van der Waals surface area contributed by atoms with E-state index in [1.54, 1.807) is 0 Å². The normalized spacial score (nSPS) is 28.7. The summed E-state index contributed by atoms with van der Waals surface area (Å²) in [4.78, 5) is 15.3. The number of carbonyl (C=O) groups excluding carboxylic acids is 1. The number of halogens is 1. The van der Waals surface area contributed by atoms with Gasteiger partial charge in [0.1, 0.15) is 5.82 Å². The number of nitrogens with one attached hydrogen (secondary N) is 1. The van der Waals surface area contributed by atoms with Crippen LogP contribution in [-0.4, -0.2) is 23.5 Å². The van der Waals surface area contributed by atoms with E-state index in [-0.39, 0.29) is 17.9 Å². The summed E-state index contributed by atoms with van der Waals surface area (Å²) < 4.78 is 13.5. The van der Waals surface area contributed by atoms with Gasteiger partial charge in [-0.25, -0.2) is 9.18 Å². The van der Waals surface area contributed by atoms with E-state index < -0.39 is 0 Å². The third-order valence-electron chi connectivity index (χ3n) is 7.09. The molecule has 1 aliphatic heterocycles. The Morgan fingerprint density at radius 2 is 1.75 bits per heavy atom. The first-order chi connectivity index (χ1) is 13.7. The SMILES string of the molecule is O=C(NC1CC2CCC1CC2)N1CCc2ccccc2[C@@H]1c1ccc(F)cc1. The van der Waals surface area contributed by atoms with Crippen molar-refractivity contribution in [3.8, 4) is 0 Å². The molecule has 0 saturated heterocycles. The summed E-state index contributed by atoms with van der Waals surface area (Å²) in [6, 6.07) is 15.1. The van der Waals surface area contributed by atoms with Crippen LogP contribution in [0.4, 0.5) is 9.18 Å². The predicted molar refractivity (Wildman–Crippen MR) is 107 cm³/mol. The van der Waals surface area contributed by atoms with Crippen LogP contribution in [0.3, 0.4) is 0 Å². The van der Waals surface area contributed by atoms with Crippen LogP contribution in [0.25, 0.3) is 0 Å². The Hall–Kier alpha value is -2.36. The summed E-state index contributed by atoms with van der Waals surface area (Å²) in [7, 11) is 0. The van der Waals surface area contributed by atoms with Crippen LogP contribution in [0.1, 0.15) is 54.8 Å². The molecule has 2 amide bonds. The van der Waals surface area contributed by atoms with Crippen molar-refractivity contribution in [2.24, 2.45) is 11.8 Å². The molecule has 6 rings (SSSR count). The Bertz CT molecular complexity index is 857. The van der Waals surface area contributed by atoms with Crippen molar-refractivity contribution in [3.05, 3.63) is 71.0 Å². The summed E-state index contributed by atoms with van der Waals surface area (Å²) in [5.74, 6) is 1.17. The van der Waals surface area contributed by atoms with Crippen LogP contribution in [0, 0.1) is 17.7 Å². The average molecular weight is 378 g/mol. The summed E-state index contributed by atoms with van der Waals surface area (Å²) in [5.41, 5.74) is 3.40. The predicted octanol–water partition coefficient (Wildman–Crippen LogP) is 5.06. The van der Waals surface area contributed by atoms with Gasteiger partial charge >= 0.3 is 6.03 Å². The Kier molecular flexibility index (Phi) is 4.58. The van der Waals surface area contributed by atoms with Gasteiger partial charge in [-0.3, -0.25) is 0 Å². The first-order valence-electron chi connectivity index (χ1n) is 10.6. The van der Waals surface area contributed by atoms with Crippen LogP contribution < -0.4 is 5.32 Å². The van der Waals surface area contributed by atoms with Gasteiger partial charge in [0.25, 0.3) is 0 Å². The highest BCUT2D eigenvalue weighted by atomic mass is 19.1. The monoisotopic (exact) mass is 378 g/mol. The lowest BCUT2D eigenvalue weighted by Gasteiger charge is -2.44. The zero-order valence-corrected chi connectivity index (χ0v) is 16.1. The first-order valence-corrected chi connectivity index (χ1v) is 10.6. The van der Waals surface area contributed by atoms with Crippen LogP contribution in [0.15, 0.2) is 48.5 Å². The fourth-order valence-corrected chi connectivity index (χ4v) is 5.59. The van der Waals surface area contributed by atoms with Gasteiger partial charge in [0.05, 0.1) is 6.04 Å². The fourth-order valence-electron chi connectivity index (χ4n) is 5.59. The molecule has 2 atom stereocenters. The Morgan fingerprint density at radius 1 is 1.00 bits per heavy atom. The molecule has 2 bridgehead atoms. The van der Waals surface area contributed by atoms with Crippen LogP contribution in [-0.2, 0) is 6.42 Å². The van der Waals surface area contributed by atoms with E-state index in [1.165, 1.54) is 43.4 Å². The Labute approximate surface area is 165 Å². The van der Waals surface area contributed by atoms with Crippen molar-refractivity contribution in [1.29, 1.82) is 0 Å². The van der Waals surface area contributed by atoms with Gasteiger partial charge < -0.3 is 10.2 Å². The third-order valence-corrected chi connectivity index (χ3v) is 7.09. The standard InChI is InChI=1S/C24H27FN2O/c25-20-11-9-19(10-12-20)23-21-4-2-1-3-17(21)13-14-27(23)24(28)26-22-15-16-5-7-18(22)8-6-16/h1-4,9-12,16,18,22-23H,5-8,13-15H2,(H,26,28)/t16?,18?,22?,23-/m0/s1. The molecular formula is C24H27FN2O. The van der Waals surface area contributed by atoms with Gasteiger partial charge in [-0.05, 0) is 66.3 Å². The third kappa shape index (κ3) is 3.19. The van der Waals surface area contributed by atoms with Crippen molar-refractivity contribution >= 4 is 6.03 Å². The molecule has 4 heteroatoms. The highest BCUT2D eigenvalue weighted by Crippen LogP contribution is 2.42. The molecule has 0 aromatic heterocycles. The van der Waals surface area contributed by atoms with E-state index in [1.807, 2.05) is 23.1 Å². The number of rotatable bonds is 2. The first kappa shape index (κ1) is 17.7. The number of carbonyl (C=O) groups is 1. The minimum absolute atomic E-state index is 0.0291. The summed E-state index contributed by atoms with van der Waals surface area (Å²) in [5, 5.41) is 3.37. The van der Waals surface area contributed by atoms with E-state index in [9.17, 15) is 9.18 Å². The maximum atomic E-state index is 13.5. The van der Waals surface area contributed by atoms with Gasteiger partial charge in [-0.1, -0.05) is 49.2 Å². The minimum Gasteiger partial charge on any atom is -0.335 e. The Balaban J connectivity index is 1.43. The molecule has 0 spiro atoms. The highest BCUT2D eigenvalue weighted by molar-refractivity contribution is 5.76. The molecule has 3 saturated carbocycles. The van der Waals surface area contributed by atoms with Crippen molar-refractivity contribution in [2.45, 2.75) is 50.6 Å². The summed E-state index contributed by atoms with van der Waals surface area (Å²) >= 11 is 0. The number of nitrogens with zero attached hydrogens (tertiary/aromatic N) is 1. The number of hydrogen-bond donors (Lipinski definition) is 1. The van der Waals surface area contributed by atoms with Gasteiger partial charge in [0.15, 0.2) is 0 Å². The molecule has 0 radical (unpaired) electrons. The number of benzene rings is 2. The molecule has 2 aromatic carbocycles. The molecule has 1 unspecified atom stereocenters. The maximum absolute atomic E-state index is 13.5. The van der Waals surface area contributed by atoms with E-state index in [2.05, 4.69) is 23.5 Å². The molecule has 3 nitrogen and oxygen atoms in total. The molecule has 1 heterocycles. The van der Waals surface area contributed by atoms with Gasteiger partial charge in [-0.2, -0.15) is 0 Å². The molecular weight excluding hydrogens is 351 g/mol. The minimum atomic E-state index is -0.248. The molecule has 2 aromatic rings. The number of urea groups is 1. The lowest BCUT2D eigenvalue weighted by atomic mass is 9.68. The van der Waals surface area contributed by atoms with E-state index >= 15 is 0 Å². The van der Waals surface area contributed by atoms with E-state index in [0.717, 1.165) is 29.9 Å². The molecule has 146 valence electrons. The lowest BCUT2D eigenvalue weighted by molar-refractivity contribution is 0.114. The van der Waals surface area contributed by atoms with Gasteiger partial charge in [-0.15, -0.1) is 0 Å². The average Bonchev–Trinajstić information content (AvgIpc) is 2.74. The largest absolute Gasteiger partial charge is 0.335 e. The smallest absolute Gasteiger partial charge is 0.318 e. The molecule has 4 aliphatic rings. The van der Waals surface area contributed by atoms with E-state index in [0.29, 0.717) is 18.5 Å². The molecule has 28 heavy (non-hydrogen) atoms. The maximum Gasteiger partial charge on any atom is 0.318 e. The van der Waals surface area contributed by atoms with Crippen molar-refractivity contribution in [2.75, 3.05) is 6.54 Å². The van der Waals surface area contributed by atoms with Gasteiger partial charge in [0.2, 0.25) is 0 Å². The van der Waals surface area contributed by atoms with Crippen LogP contribution >= 0.6 is 0 Å².